The Balaban J connectivity index is 1.91. The van der Waals surface area contributed by atoms with Crippen molar-refractivity contribution in [2.24, 2.45) is 0 Å². The first-order chi connectivity index (χ1) is 8.20. The lowest BCUT2D eigenvalue weighted by Crippen LogP contribution is -2.46. The average Bonchev–Trinajstić information content (AvgIpc) is 2.84. The molecule has 0 amide bonds. The van der Waals surface area contributed by atoms with Crippen LogP contribution in [0.25, 0.3) is 0 Å². The van der Waals surface area contributed by atoms with Crippen LogP contribution in [-0.4, -0.2) is 30.6 Å². The van der Waals surface area contributed by atoms with Crippen LogP contribution in [0.15, 0.2) is 17.5 Å². The molecule has 2 heterocycles. The third-order valence-corrected chi connectivity index (χ3v) is 4.93. The van der Waals surface area contributed by atoms with Gasteiger partial charge in [-0.3, -0.25) is 0 Å². The highest BCUT2D eigenvalue weighted by atomic mass is 32.1. The van der Waals surface area contributed by atoms with Crippen LogP contribution in [0.5, 0.6) is 0 Å². The molecule has 1 fully saturated rings. The maximum absolute atomic E-state index is 3.84. The summed E-state index contributed by atoms with van der Waals surface area (Å²) in [6.45, 7) is 5.83. The minimum atomic E-state index is 0.551. The third kappa shape index (κ3) is 3.30. The molecule has 0 radical (unpaired) electrons. The summed E-state index contributed by atoms with van der Waals surface area (Å²) in [5, 5.41) is 6.02. The highest BCUT2D eigenvalue weighted by Gasteiger charge is 2.24. The van der Waals surface area contributed by atoms with E-state index in [-0.39, 0.29) is 0 Å². The van der Waals surface area contributed by atoms with Gasteiger partial charge in [-0.15, -0.1) is 11.3 Å². The zero-order valence-corrected chi connectivity index (χ0v) is 12.0. The first-order valence-corrected chi connectivity index (χ1v) is 7.58. The van der Waals surface area contributed by atoms with Crippen molar-refractivity contribution >= 4 is 11.3 Å². The molecular weight excluding hydrogens is 228 g/mol. The summed E-state index contributed by atoms with van der Waals surface area (Å²) in [5.41, 5.74) is 0. The van der Waals surface area contributed by atoms with E-state index in [1.165, 1.54) is 30.7 Å². The van der Waals surface area contributed by atoms with Crippen molar-refractivity contribution < 1.29 is 0 Å². The van der Waals surface area contributed by atoms with E-state index in [0.29, 0.717) is 18.1 Å². The third-order valence-electron chi connectivity index (χ3n) is 3.94. The molecule has 1 aromatic heterocycles. The molecule has 1 N–H and O–H groups in total. The van der Waals surface area contributed by atoms with Crippen molar-refractivity contribution in [1.82, 2.24) is 10.2 Å². The second-order valence-corrected chi connectivity index (χ2v) is 6.17. The van der Waals surface area contributed by atoms with E-state index >= 15 is 0 Å². The number of likely N-dealkylation sites (tertiary alicyclic amines) is 1. The monoisotopic (exact) mass is 252 g/mol. The first kappa shape index (κ1) is 13.1. The molecule has 3 heteroatoms. The quantitative estimate of drug-likeness (QED) is 0.885. The van der Waals surface area contributed by atoms with Gasteiger partial charge in [-0.2, -0.15) is 0 Å². The number of rotatable bonds is 4. The van der Waals surface area contributed by atoms with E-state index in [4.69, 9.17) is 0 Å². The van der Waals surface area contributed by atoms with Gasteiger partial charge in [-0.25, -0.2) is 0 Å². The van der Waals surface area contributed by atoms with Gasteiger partial charge in [-0.1, -0.05) is 13.0 Å². The van der Waals surface area contributed by atoms with Crippen molar-refractivity contribution in [2.75, 3.05) is 13.6 Å². The van der Waals surface area contributed by atoms with Crippen LogP contribution in [0.2, 0.25) is 0 Å². The molecule has 3 atom stereocenters. The van der Waals surface area contributed by atoms with Gasteiger partial charge in [0.05, 0.1) is 0 Å². The predicted octanol–water partition coefficient (Wildman–Crippen LogP) is 3.27. The van der Waals surface area contributed by atoms with Gasteiger partial charge >= 0.3 is 0 Å². The average molecular weight is 252 g/mol. The van der Waals surface area contributed by atoms with Gasteiger partial charge in [0.15, 0.2) is 0 Å². The summed E-state index contributed by atoms with van der Waals surface area (Å²) in [7, 11) is 2.23. The van der Waals surface area contributed by atoms with Crippen molar-refractivity contribution in [3.8, 4) is 0 Å². The highest BCUT2D eigenvalue weighted by Crippen LogP contribution is 2.25. The molecule has 0 spiro atoms. The van der Waals surface area contributed by atoms with Crippen LogP contribution >= 0.6 is 11.3 Å². The second kappa shape index (κ2) is 5.98. The maximum Gasteiger partial charge on any atom is 0.0414 e. The van der Waals surface area contributed by atoms with Crippen molar-refractivity contribution in [3.05, 3.63) is 22.4 Å². The van der Waals surface area contributed by atoms with Gasteiger partial charge in [0.2, 0.25) is 0 Å². The number of hydrogen-bond acceptors (Lipinski definition) is 3. The summed E-state index contributed by atoms with van der Waals surface area (Å²) in [6, 6.07) is 6.36. The molecule has 0 aliphatic carbocycles. The predicted molar refractivity (Wildman–Crippen MR) is 75.6 cm³/mol. The molecule has 1 aliphatic heterocycles. The fraction of sp³-hybridized carbons (Fsp3) is 0.714. The van der Waals surface area contributed by atoms with E-state index in [1.807, 2.05) is 11.3 Å². The molecule has 0 aromatic carbocycles. The summed E-state index contributed by atoms with van der Waals surface area (Å²) in [4.78, 5) is 3.95. The Morgan fingerprint density at radius 3 is 3.00 bits per heavy atom. The number of nitrogens with zero attached hydrogens (tertiary/aromatic N) is 1. The zero-order chi connectivity index (χ0) is 12.3. The fourth-order valence-corrected chi connectivity index (χ4v) is 3.49. The molecule has 2 nitrogen and oxygen atoms in total. The van der Waals surface area contributed by atoms with Crippen LogP contribution < -0.4 is 5.32 Å². The second-order valence-electron chi connectivity index (χ2n) is 5.19. The molecule has 17 heavy (non-hydrogen) atoms. The zero-order valence-electron chi connectivity index (χ0n) is 11.1. The molecule has 1 aliphatic rings. The number of piperidine rings is 1. The largest absolute Gasteiger partial charge is 0.306 e. The Hall–Kier alpha value is -0.380. The molecule has 1 aromatic rings. The van der Waals surface area contributed by atoms with Gasteiger partial charge < -0.3 is 10.2 Å². The Kier molecular flexibility index (Phi) is 4.60. The van der Waals surface area contributed by atoms with E-state index in [2.05, 4.69) is 48.6 Å². The Morgan fingerprint density at radius 1 is 1.59 bits per heavy atom. The van der Waals surface area contributed by atoms with E-state index in [9.17, 15) is 0 Å². The van der Waals surface area contributed by atoms with Gasteiger partial charge in [-0.05, 0) is 51.2 Å². The Morgan fingerprint density at radius 2 is 2.41 bits per heavy atom. The first-order valence-electron chi connectivity index (χ1n) is 6.70. The topological polar surface area (TPSA) is 15.3 Å². The van der Waals surface area contributed by atoms with Crippen LogP contribution in [0.3, 0.4) is 0 Å². The van der Waals surface area contributed by atoms with Crippen molar-refractivity contribution in [1.29, 1.82) is 0 Å². The lowest BCUT2D eigenvalue weighted by atomic mass is 9.97. The SMILES string of the molecule is CCC(NC1CCN(C)C(C)C1)c1cccs1. The maximum atomic E-state index is 3.84. The smallest absolute Gasteiger partial charge is 0.0414 e. The molecule has 1 saturated heterocycles. The normalized spacial score (nSPS) is 28.2. The Labute approximate surface area is 109 Å². The standard InChI is InChI=1S/C14H24N2S/c1-4-13(14-6-5-9-17-14)15-12-7-8-16(3)11(2)10-12/h5-6,9,11-13,15H,4,7-8,10H2,1-3H3. The molecule has 3 unspecified atom stereocenters. The van der Waals surface area contributed by atoms with Crippen molar-refractivity contribution in [2.45, 2.75) is 51.2 Å². The lowest BCUT2D eigenvalue weighted by molar-refractivity contribution is 0.162. The highest BCUT2D eigenvalue weighted by molar-refractivity contribution is 7.10. The van der Waals surface area contributed by atoms with Crippen molar-refractivity contribution in [3.63, 3.8) is 0 Å². The number of hydrogen-bond donors (Lipinski definition) is 1. The van der Waals surface area contributed by atoms with Crippen LogP contribution in [0.1, 0.15) is 44.0 Å². The Bertz CT molecular complexity index is 323. The summed E-state index contributed by atoms with van der Waals surface area (Å²) < 4.78 is 0. The molecule has 0 bridgehead atoms. The van der Waals surface area contributed by atoms with Gasteiger partial charge in [0.25, 0.3) is 0 Å². The van der Waals surface area contributed by atoms with Gasteiger partial charge in [0, 0.05) is 23.0 Å². The van der Waals surface area contributed by atoms with Crippen LogP contribution in [0, 0.1) is 0 Å². The summed E-state index contributed by atoms with van der Waals surface area (Å²) >= 11 is 1.87. The summed E-state index contributed by atoms with van der Waals surface area (Å²) in [5.74, 6) is 0. The number of thiophene rings is 1. The minimum Gasteiger partial charge on any atom is -0.306 e. The fourth-order valence-electron chi connectivity index (χ4n) is 2.62. The molecule has 0 saturated carbocycles. The van der Waals surface area contributed by atoms with Crippen LogP contribution in [0.4, 0.5) is 0 Å². The van der Waals surface area contributed by atoms with E-state index in [1.54, 1.807) is 0 Å². The molecule has 2 rings (SSSR count). The van der Waals surface area contributed by atoms with Gasteiger partial charge in [0.1, 0.15) is 0 Å². The molecule has 96 valence electrons. The minimum absolute atomic E-state index is 0.551. The molecular formula is C14H24N2S. The van der Waals surface area contributed by atoms with E-state index < -0.39 is 0 Å². The van der Waals surface area contributed by atoms with E-state index in [0.717, 1.165) is 0 Å². The summed E-state index contributed by atoms with van der Waals surface area (Å²) in [6.07, 6.45) is 3.74. The lowest BCUT2D eigenvalue weighted by Gasteiger charge is -2.37. The van der Waals surface area contributed by atoms with Crippen LogP contribution in [-0.2, 0) is 0 Å². The number of nitrogens with one attached hydrogen (secondary N) is 1.